The van der Waals surface area contributed by atoms with Crippen molar-refractivity contribution < 1.29 is 4.79 Å². The van der Waals surface area contributed by atoms with Gasteiger partial charge in [-0.15, -0.1) is 0 Å². The molecule has 0 aromatic heterocycles. The van der Waals surface area contributed by atoms with Crippen LogP contribution < -0.4 is 5.73 Å². The molecule has 2 aliphatic carbocycles. The second-order valence-corrected chi connectivity index (χ2v) is 11.8. The van der Waals surface area contributed by atoms with Crippen molar-refractivity contribution in [1.82, 2.24) is 0 Å². The minimum atomic E-state index is -0.960. The lowest BCUT2D eigenvalue weighted by Crippen LogP contribution is -2.49. The van der Waals surface area contributed by atoms with Crippen molar-refractivity contribution in [3.05, 3.63) is 22.3 Å². The van der Waals surface area contributed by atoms with E-state index in [1.54, 1.807) is 0 Å². The smallest absolute Gasteiger partial charge is 0.227 e. The number of nitrogens with two attached hydrogens (primary N) is 1. The zero-order valence-corrected chi connectivity index (χ0v) is 17.1. The van der Waals surface area contributed by atoms with Crippen LogP contribution in [0.5, 0.6) is 0 Å². The number of hydrogen-bond acceptors (Lipinski definition) is 1. The van der Waals surface area contributed by atoms with Crippen molar-refractivity contribution in [2.45, 2.75) is 84.9 Å². The van der Waals surface area contributed by atoms with Crippen LogP contribution >= 0.6 is 0 Å². The highest BCUT2D eigenvalue weighted by Gasteiger charge is 2.53. The molecule has 2 nitrogen and oxygen atoms in total. The van der Waals surface area contributed by atoms with Crippen LogP contribution in [0.15, 0.2) is 22.3 Å². The van der Waals surface area contributed by atoms with Crippen molar-refractivity contribution in [3.8, 4) is 0 Å². The molecule has 0 bridgehead atoms. The Hall–Kier alpha value is -0.833. The van der Waals surface area contributed by atoms with Crippen LogP contribution in [-0.2, 0) is 4.79 Å². The number of allylic oxidation sites excluding steroid dienone is 3. The van der Waals surface area contributed by atoms with Gasteiger partial charge in [0.1, 0.15) is 0 Å². The van der Waals surface area contributed by atoms with Crippen LogP contribution in [0.1, 0.15) is 67.2 Å². The SMILES string of the molecule is CC[SiH](CC)C1CCCCC1(C(N)=O)C1=C(C)C(C)=C(C)C1C. The first-order valence-corrected chi connectivity index (χ1v) is 11.8. The van der Waals surface area contributed by atoms with Crippen molar-refractivity contribution in [2.24, 2.45) is 17.1 Å². The molecule has 0 heterocycles. The Labute approximate surface area is 144 Å². The molecular formula is C20H35NOSi. The van der Waals surface area contributed by atoms with Gasteiger partial charge in [-0.2, -0.15) is 0 Å². The van der Waals surface area contributed by atoms with Gasteiger partial charge in [-0.3, -0.25) is 4.79 Å². The summed E-state index contributed by atoms with van der Waals surface area (Å²) < 4.78 is 0. The molecule has 3 atom stereocenters. The van der Waals surface area contributed by atoms with Crippen molar-refractivity contribution in [1.29, 1.82) is 0 Å². The molecule has 1 amide bonds. The molecule has 2 N–H and O–H groups in total. The Morgan fingerprint density at radius 3 is 2.22 bits per heavy atom. The Kier molecular flexibility index (Phi) is 5.60. The molecule has 0 radical (unpaired) electrons. The molecule has 2 rings (SSSR count). The first kappa shape index (κ1) is 18.5. The summed E-state index contributed by atoms with van der Waals surface area (Å²) in [5.41, 5.74) is 11.9. The third-order valence-corrected chi connectivity index (χ3v) is 11.3. The number of carbonyl (C=O) groups excluding carboxylic acids is 1. The van der Waals surface area contributed by atoms with Crippen LogP contribution in [0, 0.1) is 11.3 Å². The zero-order valence-electron chi connectivity index (χ0n) is 16.0. The molecule has 0 aromatic carbocycles. The largest absolute Gasteiger partial charge is 0.369 e. The summed E-state index contributed by atoms with van der Waals surface area (Å²) in [5.74, 6) is 0.344. The van der Waals surface area contributed by atoms with Gasteiger partial charge in [0.05, 0.1) is 5.41 Å². The van der Waals surface area contributed by atoms with Crippen LogP contribution in [0.2, 0.25) is 17.6 Å². The Bertz CT molecular complexity index is 544. The zero-order chi connectivity index (χ0) is 17.4. The lowest BCUT2D eigenvalue weighted by atomic mass is 9.64. The van der Waals surface area contributed by atoms with E-state index in [0.29, 0.717) is 11.5 Å². The fourth-order valence-corrected chi connectivity index (χ4v) is 9.29. The minimum Gasteiger partial charge on any atom is -0.369 e. The second kappa shape index (κ2) is 6.96. The van der Waals surface area contributed by atoms with Gasteiger partial charge in [0.25, 0.3) is 0 Å². The average molecular weight is 334 g/mol. The third-order valence-electron chi connectivity index (χ3n) is 7.15. The third kappa shape index (κ3) is 2.75. The summed E-state index contributed by atoms with van der Waals surface area (Å²) >= 11 is 0. The van der Waals surface area contributed by atoms with Crippen molar-refractivity contribution in [2.75, 3.05) is 0 Å². The second-order valence-electron chi connectivity index (χ2n) is 7.83. The van der Waals surface area contributed by atoms with Gasteiger partial charge in [0, 0.05) is 8.80 Å². The fraction of sp³-hybridized carbons (Fsp3) is 0.750. The molecule has 0 aliphatic heterocycles. The highest BCUT2D eigenvalue weighted by molar-refractivity contribution is 6.61. The Morgan fingerprint density at radius 2 is 1.78 bits per heavy atom. The molecule has 0 spiro atoms. The quantitative estimate of drug-likeness (QED) is 0.709. The van der Waals surface area contributed by atoms with E-state index in [-0.39, 0.29) is 11.3 Å². The maximum Gasteiger partial charge on any atom is 0.227 e. The molecule has 0 aromatic rings. The number of hydrogen-bond donors (Lipinski definition) is 1. The minimum absolute atomic E-state index is 0.0368. The predicted molar refractivity (Wildman–Crippen MR) is 102 cm³/mol. The first-order valence-electron chi connectivity index (χ1n) is 9.51. The van der Waals surface area contributed by atoms with Gasteiger partial charge in [0.15, 0.2) is 0 Å². The summed E-state index contributed by atoms with van der Waals surface area (Å²) in [7, 11) is -0.960. The van der Waals surface area contributed by atoms with Gasteiger partial charge in [0.2, 0.25) is 5.91 Å². The number of carbonyl (C=O) groups is 1. The average Bonchev–Trinajstić information content (AvgIpc) is 2.73. The van der Waals surface area contributed by atoms with E-state index in [2.05, 4.69) is 41.5 Å². The maximum absolute atomic E-state index is 12.9. The summed E-state index contributed by atoms with van der Waals surface area (Å²) in [6.07, 6.45) is 4.61. The standard InChI is InChI=1S/C20H35NOSi/c1-7-23(8-2)17-11-9-10-12-20(17,19(21)22)18-15(5)13(3)14(4)16(18)6/h15,17,23H,7-12H2,1-6H3,(H2,21,22). The Balaban J connectivity index is 2.61. The molecule has 130 valence electrons. The van der Waals surface area contributed by atoms with E-state index in [9.17, 15) is 4.79 Å². The molecule has 1 saturated carbocycles. The number of rotatable bonds is 5. The van der Waals surface area contributed by atoms with E-state index < -0.39 is 8.80 Å². The van der Waals surface area contributed by atoms with E-state index in [0.717, 1.165) is 12.8 Å². The van der Waals surface area contributed by atoms with Crippen molar-refractivity contribution in [3.63, 3.8) is 0 Å². The molecule has 3 unspecified atom stereocenters. The topological polar surface area (TPSA) is 43.1 Å². The van der Waals surface area contributed by atoms with Crippen LogP contribution in [0.3, 0.4) is 0 Å². The normalized spacial score (nSPS) is 32.1. The lowest BCUT2D eigenvalue weighted by Gasteiger charge is -2.48. The monoisotopic (exact) mass is 333 g/mol. The molecule has 3 heteroatoms. The van der Waals surface area contributed by atoms with Crippen molar-refractivity contribution >= 4 is 14.7 Å². The van der Waals surface area contributed by atoms with Gasteiger partial charge in [-0.1, -0.05) is 57.7 Å². The van der Waals surface area contributed by atoms with Gasteiger partial charge in [-0.25, -0.2) is 0 Å². The molecule has 0 saturated heterocycles. The van der Waals surface area contributed by atoms with E-state index in [1.165, 1.54) is 47.2 Å². The fourth-order valence-electron chi connectivity index (χ4n) is 5.55. The highest BCUT2D eigenvalue weighted by Crippen LogP contribution is 2.58. The highest BCUT2D eigenvalue weighted by atomic mass is 28.3. The van der Waals surface area contributed by atoms with Crippen LogP contribution in [0.4, 0.5) is 0 Å². The molecular weight excluding hydrogens is 298 g/mol. The van der Waals surface area contributed by atoms with E-state index >= 15 is 0 Å². The molecule has 23 heavy (non-hydrogen) atoms. The van der Waals surface area contributed by atoms with E-state index in [4.69, 9.17) is 5.73 Å². The maximum atomic E-state index is 12.9. The van der Waals surface area contributed by atoms with Gasteiger partial charge >= 0.3 is 0 Å². The van der Waals surface area contributed by atoms with Crippen LogP contribution in [0.25, 0.3) is 0 Å². The summed E-state index contributed by atoms with van der Waals surface area (Å²) in [4.78, 5) is 12.9. The van der Waals surface area contributed by atoms with Gasteiger partial charge < -0.3 is 5.73 Å². The molecule has 2 aliphatic rings. The number of primary amides is 1. The van der Waals surface area contributed by atoms with Gasteiger partial charge in [-0.05, 0) is 55.4 Å². The predicted octanol–water partition coefficient (Wildman–Crippen LogP) is 4.97. The summed E-state index contributed by atoms with van der Waals surface area (Å²) in [6, 6.07) is 2.56. The Morgan fingerprint density at radius 1 is 1.17 bits per heavy atom. The lowest BCUT2D eigenvalue weighted by molar-refractivity contribution is -0.127. The van der Waals surface area contributed by atoms with E-state index in [1.807, 2.05) is 0 Å². The number of amides is 1. The molecule has 1 fully saturated rings. The summed E-state index contributed by atoms with van der Waals surface area (Å²) in [6.45, 7) is 13.6. The van der Waals surface area contributed by atoms with Crippen LogP contribution in [-0.4, -0.2) is 14.7 Å². The summed E-state index contributed by atoms with van der Waals surface area (Å²) in [5, 5.41) is 0. The first-order chi connectivity index (χ1) is 10.8.